The fourth-order valence-corrected chi connectivity index (χ4v) is 3.70. The molecule has 1 fully saturated rings. The summed E-state index contributed by atoms with van der Waals surface area (Å²) in [5.74, 6) is -0.147. The fourth-order valence-electron chi connectivity index (χ4n) is 2.85. The van der Waals surface area contributed by atoms with Crippen LogP contribution in [0.15, 0.2) is 60.0 Å². The first-order valence-electron chi connectivity index (χ1n) is 8.89. The Kier molecular flexibility index (Phi) is 5.20. The SMILES string of the molecule is O=C(Cc1csc(N2CCNC2=O)n1)Nc1ccc(Nc2ccccc2)cc1. The van der Waals surface area contributed by atoms with E-state index in [0.717, 1.165) is 17.1 Å². The van der Waals surface area contributed by atoms with Gasteiger partial charge in [0.2, 0.25) is 5.91 Å². The highest BCUT2D eigenvalue weighted by molar-refractivity contribution is 7.14. The van der Waals surface area contributed by atoms with E-state index in [1.54, 1.807) is 4.90 Å². The Morgan fingerprint density at radius 1 is 1.07 bits per heavy atom. The van der Waals surface area contributed by atoms with E-state index in [0.29, 0.717) is 23.9 Å². The number of hydrogen-bond acceptors (Lipinski definition) is 5. The van der Waals surface area contributed by atoms with Crippen LogP contribution in [-0.4, -0.2) is 30.0 Å². The second kappa shape index (κ2) is 8.10. The van der Waals surface area contributed by atoms with Gasteiger partial charge in [0.1, 0.15) is 0 Å². The van der Waals surface area contributed by atoms with Gasteiger partial charge in [0.05, 0.1) is 12.1 Å². The van der Waals surface area contributed by atoms with Crippen molar-refractivity contribution in [3.8, 4) is 0 Å². The lowest BCUT2D eigenvalue weighted by Gasteiger charge is -2.09. The Hall–Kier alpha value is -3.39. The smallest absolute Gasteiger partial charge is 0.323 e. The van der Waals surface area contributed by atoms with Crippen LogP contribution < -0.4 is 20.9 Å². The number of nitrogens with one attached hydrogen (secondary N) is 3. The van der Waals surface area contributed by atoms with Crippen molar-refractivity contribution in [1.29, 1.82) is 0 Å². The highest BCUT2D eigenvalue weighted by Gasteiger charge is 2.24. The summed E-state index contributed by atoms with van der Waals surface area (Å²) >= 11 is 1.37. The van der Waals surface area contributed by atoms with Gasteiger partial charge in [0.25, 0.3) is 0 Å². The molecule has 3 aromatic rings. The summed E-state index contributed by atoms with van der Waals surface area (Å²) in [6.07, 6.45) is 0.163. The zero-order valence-electron chi connectivity index (χ0n) is 15.0. The molecule has 0 unspecified atom stereocenters. The van der Waals surface area contributed by atoms with Crippen LogP contribution in [0.2, 0.25) is 0 Å². The molecular formula is C20H19N5O2S. The third kappa shape index (κ3) is 4.29. The van der Waals surface area contributed by atoms with Crippen LogP contribution in [-0.2, 0) is 11.2 Å². The van der Waals surface area contributed by atoms with Crippen molar-refractivity contribution in [3.05, 3.63) is 65.7 Å². The summed E-state index contributed by atoms with van der Waals surface area (Å²) < 4.78 is 0. The number of benzene rings is 2. The fraction of sp³-hybridized carbons (Fsp3) is 0.150. The lowest BCUT2D eigenvalue weighted by Crippen LogP contribution is -2.27. The number of nitrogens with zero attached hydrogens (tertiary/aromatic N) is 2. The first kappa shape index (κ1) is 18.0. The number of hydrogen-bond donors (Lipinski definition) is 3. The molecule has 1 saturated heterocycles. The van der Waals surface area contributed by atoms with Crippen LogP contribution in [0.3, 0.4) is 0 Å². The van der Waals surface area contributed by atoms with E-state index in [-0.39, 0.29) is 18.4 Å². The van der Waals surface area contributed by atoms with Crippen LogP contribution >= 0.6 is 11.3 Å². The number of carbonyl (C=O) groups excluding carboxylic acids is 2. The molecule has 1 aliphatic heterocycles. The summed E-state index contributed by atoms with van der Waals surface area (Å²) in [4.78, 5) is 30.0. The summed E-state index contributed by atoms with van der Waals surface area (Å²) in [5.41, 5.74) is 3.32. The molecule has 28 heavy (non-hydrogen) atoms. The minimum Gasteiger partial charge on any atom is -0.356 e. The molecule has 0 atom stereocenters. The predicted octanol–water partition coefficient (Wildman–Crippen LogP) is 3.60. The first-order valence-corrected chi connectivity index (χ1v) is 9.77. The second-order valence-electron chi connectivity index (χ2n) is 6.30. The van der Waals surface area contributed by atoms with E-state index in [4.69, 9.17) is 0 Å². The van der Waals surface area contributed by atoms with Gasteiger partial charge >= 0.3 is 6.03 Å². The van der Waals surface area contributed by atoms with Gasteiger partial charge in [-0.15, -0.1) is 11.3 Å². The van der Waals surface area contributed by atoms with E-state index in [1.807, 2.05) is 60.0 Å². The van der Waals surface area contributed by atoms with Crippen molar-refractivity contribution in [1.82, 2.24) is 10.3 Å². The maximum atomic E-state index is 12.3. The molecule has 3 amide bonds. The van der Waals surface area contributed by atoms with Crippen molar-refractivity contribution < 1.29 is 9.59 Å². The molecular weight excluding hydrogens is 374 g/mol. The van der Waals surface area contributed by atoms with Crippen molar-refractivity contribution >= 4 is 45.5 Å². The number of urea groups is 1. The van der Waals surface area contributed by atoms with E-state index in [9.17, 15) is 9.59 Å². The molecule has 0 radical (unpaired) electrons. The van der Waals surface area contributed by atoms with Gasteiger partial charge in [-0.3, -0.25) is 9.69 Å². The van der Waals surface area contributed by atoms with Crippen LogP contribution in [0.4, 0.5) is 27.0 Å². The molecule has 2 heterocycles. The van der Waals surface area contributed by atoms with Gasteiger partial charge in [-0.25, -0.2) is 9.78 Å². The number of carbonyl (C=O) groups is 2. The third-order valence-electron chi connectivity index (χ3n) is 4.20. The van der Waals surface area contributed by atoms with Gasteiger partial charge in [0, 0.05) is 35.5 Å². The average Bonchev–Trinajstić information content (AvgIpc) is 3.33. The molecule has 4 rings (SSSR count). The van der Waals surface area contributed by atoms with Crippen LogP contribution in [0.5, 0.6) is 0 Å². The highest BCUT2D eigenvalue weighted by Crippen LogP contribution is 2.23. The lowest BCUT2D eigenvalue weighted by molar-refractivity contribution is -0.115. The van der Waals surface area contributed by atoms with E-state index >= 15 is 0 Å². The summed E-state index contributed by atoms with van der Waals surface area (Å²) in [5, 5.41) is 11.3. The van der Waals surface area contributed by atoms with Crippen LogP contribution in [0.1, 0.15) is 5.69 Å². The van der Waals surface area contributed by atoms with Gasteiger partial charge in [-0.1, -0.05) is 18.2 Å². The number of aromatic nitrogens is 1. The standard InChI is InChI=1S/C20H19N5O2S/c26-18(12-17-13-28-20(24-17)25-11-10-21-19(25)27)23-16-8-6-15(7-9-16)22-14-4-2-1-3-5-14/h1-9,13,22H,10-12H2,(H,21,27)(H,23,26). The normalized spacial score (nSPS) is 13.3. The number of rotatable bonds is 6. The molecule has 0 spiro atoms. The lowest BCUT2D eigenvalue weighted by atomic mass is 10.2. The summed E-state index contributed by atoms with van der Waals surface area (Å²) in [6, 6.07) is 17.3. The van der Waals surface area contributed by atoms with E-state index in [1.165, 1.54) is 11.3 Å². The second-order valence-corrected chi connectivity index (χ2v) is 7.13. The third-order valence-corrected chi connectivity index (χ3v) is 5.11. The van der Waals surface area contributed by atoms with Crippen molar-refractivity contribution in [2.45, 2.75) is 6.42 Å². The Morgan fingerprint density at radius 2 is 1.79 bits per heavy atom. The molecule has 7 nitrogen and oxygen atoms in total. The topological polar surface area (TPSA) is 86.4 Å². The Balaban J connectivity index is 1.32. The summed E-state index contributed by atoms with van der Waals surface area (Å²) in [7, 11) is 0. The molecule has 0 aliphatic carbocycles. The Morgan fingerprint density at radius 3 is 2.50 bits per heavy atom. The van der Waals surface area contributed by atoms with Crippen LogP contribution in [0, 0.1) is 0 Å². The van der Waals surface area contributed by atoms with E-state index < -0.39 is 0 Å². The highest BCUT2D eigenvalue weighted by atomic mass is 32.1. The molecule has 3 N–H and O–H groups in total. The zero-order valence-corrected chi connectivity index (χ0v) is 15.8. The summed E-state index contributed by atoms with van der Waals surface area (Å²) in [6.45, 7) is 1.21. The van der Waals surface area contributed by atoms with Crippen molar-refractivity contribution in [3.63, 3.8) is 0 Å². The first-order chi connectivity index (χ1) is 13.7. The number of anilines is 4. The molecule has 1 aromatic heterocycles. The predicted molar refractivity (Wildman–Crippen MR) is 111 cm³/mol. The molecule has 8 heteroatoms. The number of para-hydroxylation sites is 1. The average molecular weight is 393 g/mol. The minimum absolute atomic E-state index is 0.144. The molecule has 142 valence electrons. The van der Waals surface area contributed by atoms with Crippen molar-refractivity contribution in [2.24, 2.45) is 0 Å². The monoisotopic (exact) mass is 393 g/mol. The van der Waals surface area contributed by atoms with Crippen molar-refractivity contribution in [2.75, 3.05) is 28.6 Å². The number of thiazole rings is 1. The maximum absolute atomic E-state index is 12.3. The van der Waals surface area contributed by atoms with Gasteiger partial charge in [-0.2, -0.15) is 0 Å². The Bertz CT molecular complexity index is 972. The van der Waals surface area contributed by atoms with Gasteiger partial charge < -0.3 is 16.0 Å². The minimum atomic E-state index is -0.147. The van der Waals surface area contributed by atoms with Gasteiger partial charge in [-0.05, 0) is 36.4 Å². The van der Waals surface area contributed by atoms with E-state index in [2.05, 4.69) is 20.9 Å². The molecule has 2 aromatic carbocycles. The quantitative estimate of drug-likeness (QED) is 0.597. The molecule has 0 bridgehead atoms. The maximum Gasteiger partial charge on any atom is 0.323 e. The largest absolute Gasteiger partial charge is 0.356 e. The molecule has 1 aliphatic rings. The van der Waals surface area contributed by atoms with Gasteiger partial charge in [0.15, 0.2) is 5.13 Å². The Labute approximate surface area is 166 Å². The molecule has 0 saturated carbocycles. The zero-order chi connectivity index (χ0) is 19.3. The number of amides is 3. The van der Waals surface area contributed by atoms with Crippen LogP contribution in [0.25, 0.3) is 0 Å².